The van der Waals surface area contributed by atoms with E-state index in [1.54, 1.807) is 36.5 Å². The highest BCUT2D eigenvalue weighted by Crippen LogP contribution is 2.31. The minimum absolute atomic E-state index is 0.0283. The first kappa shape index (κ1) is 25.2. The minimum Gasteiger partial charge on any atom is -0.444 e. The van der Waals surface area contributed by atoms with Crippen LogP contribution < -0.4 is 5.32 Å². The van der Waals surface area contributed by atoms with E-state index in [2.05, 4.69) is 46.3 Å². The van der Waals surface area contributed by atoms with Crippen molar-refractivity contribution in [3.63, 3.8) is 0 Å². The van der Waals surface area contributed by atoms with Gasteiger partial charge in [-0.1, -0.05) is 44.9 Å². The van der Waals surface area contributed by atoms with Crippen molar-refractivity contribution in [2.75, 3.05) is 5.32 Å². The zero-order chi connectivity index (χ0) is 23.7. The van der Waals surface area contributed by atoms with Gasteiger partial charge in [-0.05, 0) is 18.4 Å². The molecule has 2 N–H and O–H groups in total. The van der Waals surface area contributed by atoms with Gasteiger partial charge >= 0.3 is 0 Å². The van der Waals surface area contributed by atoms with Crippen LogP contribution in [0.2, 0.25) is 0 Å². The summed E-state index contributed by atoms with van der Waals surface area (Å²) in [4.78, 5) is 32.7. The largest absolute Gasteiger partial charge is 0.444 e. The van der Waals surface area contributed by atoms with E-state index in [1.807, 2.05) is 0 Å². The van der Waals surface area contributed by atoms with Gasteiger partial charge in [-0.2, -0.15) is 5.10 Å². The SMILES string of the molecule is CC(C)(C)c1cnc(CSc2cnc(NC(=O)CCCCCCC(=O)Cc3cn[nH]c3)s2)o1. The molecule has 0 saturated heterocycles. The van der Waals surface area contributed by atoms with E-state index in [4.69, 9.17) is 4.42 Å². The van der Waals surface area contributed by atoms with Crippen LogP contribution in [-0.2, 0) is 27.2 Å². The maximum absolute atomic E-state index is 12.2. The molecule has 0 atom stereocenters. The number of thioether (sulfide) groups is 1. The maximum Gasteiger partial charge on any atom is 0.226 e. The molecule has 0 fully saturated rings. The summed E-state index contributed by atoms with van der Waals surface area (Å²) in [7, 11) is 0. The topological polar surface area (TPSA) is 114 Å². The van der Waals surface area contributed by atoms with Crippen molar-refractivity contribution in [1.29, 1.82) is 0 Å². The van der Waals surface area contributed by atoms with Crippen LogP contribution in [0, 0.1) is 0 Å². The molecule has 10 heteroatoms. The van der Waals surface area contributed by atoms with Crippen molar-refractivity contribution in [1.82, 2.24) is 20.2 Å². The Labute approximate surface area is 202 Å². The number of anilines is 1. The van der Waals surface area contributed by atoms with Gasteiger partial charge < -0.3 is 9.73 Å². The first-order valence-electron chi connectivity index (χ1n) is 11.1. The molecule has 3 heterocycles. The van der Waals surface area contributed by atoms with Crippen LogP contribution in [0.3, 0.4) is 0 Å². The third kappa shape index (κ3) is 8.77. The second-order valence-electron chi connectivity index (χ2n) is 8.93. The number of aromatic amines is 1. The van der Waals surface area contributed by atoms with Gasteiger partial charge in [-0.25, -0.2) is 9.97 Å². The Morgan fingerprint density at radius 1 is 1.09 bits per heavy atom. The molecule has 0 aliphatic heterocycles. The number of unbranched alkanes of at least 4 members (excludes halogenated alkanes) is 3. The monoisotopic (exact) mass is 489 g/mol. The van der Waals surface area contributed by atoms with Gasteiger partial charge in [0.15, 0.2) is 5.13 Å². The van der Waals surface area contributed by atoms with Crippen molar-refractivity contribution in [2.24, 2.45) is 0 Å². The van der Waals surface area contributed by atoms with E-state index in [0.29, 0.717) is 36.0 Å². The first-order valence-corrected chi connectivity index (χ1v) is 12.9. The predicted molar refractivity (Wildman–Crippen MR) is 131 cm³/mol. The van der Waals surface area contributed by atoms with E-state index < -0.39 is 0 Å². The summed E-state index contributed by atoms with van der Waals surface area (Å²) in [6, 6.07) is 0. The van der Waals surface area contributed by atoms with E-state index in [0.717, 1.165) is 41.2 Å². The molecule has 0 unspecified atom stereocenters. The summed E-state index contributed by atoms with van der Waals surface area (Å²) < 4.78 is 6.81. The zero-order valence-corrected chi connectivity index (χ0v) is 21.0. The van der Waals surface area contributed by atoms with Crippen LogP contribution in [0.15, 0.2) is 33.4 Å². The molecule has 8 nitrogen and oxygen atoms in total. The zero-order valence-electron chi connectivity index (χ0n) is 19.3. The molecular formula is C23H31N5O3S2. The van der Waals surface area contributed by atoms with Gasteiger partial charge in [0, 0.05) is 30.9 Å². The molecule has 33 heavy (non-hydrogen) atoms. The highest BCUT2D eigenvalue weighted by atomic mass is 32.2. The van der Waals surface area contributed by atoms with E-state index in [9.17, 15) is 9.59 Å². The number of ketones is 1. The van der Waals surface area contributed by atoms with E-state index in [1.165, 1.54) is 11.3 Å². The van der Waals surface area contributed by atoms with Crippen LogP contribution in [0.25, 0.3) is 0 Å². The standard InChI is InChI=1S/C23H31N5O3S2/c1-23(2,3)18-13-24-20(31-18)15-32-21-14-25-22(33-21)28-19(30)9-7-5-4-6-8-17(29)10-16-11-26-27-12-16/h11-14H,4-10,15H2,1-3H3,(H,26,27)(H,25,28,30). The lowest BCUT2D eigenvalue weighted by atomic mass is 9.94. The molecule has 0 saturated carbocycles. The quantitative estimate of drug-likeness (QED) is 0.239. The van der Waals surface area contributed by atoms with Crippen molar-refractivity contribution in [2.45, 2.75) is 81.1 Å². The Morgan fingerprint density at radius 3 is 2.58 bits per heavy atom. The molecule has 0 aromatic carbocycles. The van der Waals surface area contributed by atoms with Gasteiger partial charge in [-0.15, -0.1) is 11.8 Å². The molecule has 3 rings (SSSR count). The van der Waals surface area contributed by atoms with E-state index in [-0.39, 0.29) is 17.1 Å². The molecular weight excluding hydrogens is 458 g/mol. The van der Waals surface area contributed by atoms with Crippen molar-refractivity contribution in [3.8, 4) is 0 Å². The average Bonchev–Trinajstić information content (AvgIpc) is 3.50. The van der Waals surface area contributed by atoms with Gasteiger partial charge in [0.05, 0.1) is 28.6 Å². The summed E-state index contributed by atoms with van der Waals surface area (Å²) in [6.45, 7) is 6.27. The maximum atomic E-state index is 12.2. The van der Waals surface area contributed by atoms with Gasteiger partial charge in [-0.3, -0.25) is 14.7 Å². The summed E-state index contributed by atoms with van der Waals surface area (Å²) in [6.07, 6.45) is 12.0. The van der Waals surface area contributed by atoms with Crippen LogP contribution >= 0.6 is 23.1 Å². The number of hydrogen-bond donors (Lipinski definition) is 2. The van der Waals surface area contributed by atoms with E-state index >= 15 is 0 Å². The van der Waals surface area contributed by atoms with Crippen LogP contribution in [-0.4, -0.2) is 31.9 Å². The molecule has 0 bridgehead atoms. The van der Waals surface area contributed by atoms with Gasteiger partial charge in [0.2, 0.25) is 11.8 Å². The Bertz CT molecular complexity index is 1020. The lowest BCUT2D eigenvalue weighted by molar-refractivity contribution is -0.118. The highest BCUT2D eigenvalue weighted by Gasteiger charge is 2.19. The van der Waals surface area contributed by atoms with Crippen molar-refractivity contribution >= 4 is 39.9 Å². The second kappa shape index (κ2) is 12.1. The molecule has 0 radical (unpaired) electrons. The van der Waals surface area contributed by atoms with Gasteiger partial charge in [0.25, 0.3) is 0 Å². The van der Waals surface area contributed by atoms with Crippen LogP contribution in [0.5, 0.6) is 0 Å². The summed E-state index contributed by atoms with van der Waals surface area (Å²) >= 11 is 3.04. The number of aromatic nitrogens is 4. The summed E-state index contributed by atoms with van der Waals surface area (Å²) in [5.41, 5.74) is 0.864. The number of H-pyrrole nitrogens is 1. The number of rotatable bonds is 13. The lowest BCUT2D eigenvalue weighted by Crippen LogP contribution is -2.10. The number of carbonyl (C=O) groups is 2. The molecule has 1 amide bonds. The third-order valence-corrected chi connectivity index (χ3v) is 7.02. The fourth-order valence-electron chi connectivity index (χ4n) is 3.07. The minimum atomic E-state index is -0.0596. The number of Topliss-reactive ketones (excluding diaryl/α,β-unsaturated/α-hetero) is 1. The fraction of sp³-hybridized carbons (Fsp3) is 0.522. The fourth-order valence-corrected chi connectivity index (χ4v) is 4.82. The molecule has 178 valence electrons. The third-order valence-electron chi connectivity index (χ3n) is 4.93. The normalized spacial score (nSPS) is 11.6. The number of hydrogen-bond acceptors (Lipinski definition) is 8. The number of thiazole rings is 1. The first-order chi connectivity index (χ1) is 15.8. The molecule has 3 aromatic heterocycles. The van der Waals surface area contributed by atoms with Gasteiger partial charge in [0.1, 0.15) is 11.5 Å². The lowest BCUT2D eigenvalue weighted by Gasteiger charge is -2.12. The predicted octanol–water partition coefficient (Wildman–Crippen LogP) is 5.53. The molecule has 3 aromatic rings. The van der Waals surface area contributed by atoms with Crippen LogP contribution in [0.4, 0.5) is 5.13 Å². The Balaban J connectivity index is 1.27. The summed E-state index contributed by atoms with van der Waals surface area (Å²) in [5, 5.41) is 10.0. The Kier molecular flexibility index (Phi) is 9.25. The highest BCUT2D eigenvalue weighted by molar-refractivity contribution is 8.00. The number of carbonyl (C=O) groups excluding carboxylic acids is 2. The summed E-state index contributed by atoms with van der Waals surface area (Å²) in [5.74, 6) is 2.38. The smallest absolute Gasteiger partial charge is 0.226 e. The van der Waals surface area contributed by atoms with Crippen LogP contribution in [0.1, 0.15) is 76.5 Å². The number of nitrogens with one attached hydrogen (secondary N) is 2. The average molecular weight is 490 g/mol. The number of oxazole rings is 1. The number of nitrogens with zero attached hydrogens (tertiary/aromatic N) is 3. The van der Waals surface area contributed by atoms with Crippen molar-refractivity contribution in [3.05, 3.63) is 42.0 Å². The molecule has 0 aliphatic carbocycles. The number of amides is 1. The Morgan fingerprint density at radius 2 is 1.88 bits per heavy atom. The molecule has 0 aliphatic rings. The second-order valence-corrected chi connectivity index (χ2v) is 11.2. The molecule has 0 spiro atoms. The van der Waals surface area contributed by atoms with Crippen molar-refractivity contribution < 1.29 is 14.0 Å². The Hall–Kier alpha value is -2.46.